The van der Waals surface area contributed by atoms with E-state index in [0.717, 1.165) is 4.90 Å². The Bertz CT molecular complexity index is 587. The maximum atomic E-state index is 13.8. The van der Waals surface area contributed by atoms with E-state index in [1.165, 1.54) is 6.07 Å². The van der Waals surface area contributed by atoms with E-state index in [-0.39, 0.29) is 11.7 Å². The van der Waals surface area contributed by atoms with Crippen molar-refractivity contribution in [2.45, 2.75) is 10.6 Å². The van der Waals surface area contributed by atoms with Crippen molar-refractivity contribution in [2.24, 2.45) is 10.9 Å². The lowest BCUT2D eigenvalue weighted by molar-refractivity contribution is 0.318. The van der Waals surface area contributed by atoms with E-state index >= 15 is 0 Å². The van der Waals surface area contributed by atoms with E-state index in [0.29, 0.717) is 16.9 Å². The molecule has 0 heterocycles. The average molecular weight is 276 g/mol. The van der Waals surface area contributed by atoms with Gasteiger partial charge in [0.2, 0.25) is 0 Å². The first kappa shape index (κ1) is 13.4. The smallest absolute Gasteiger partial charge is 0.170 e. The summed E-state index contributed by atoms with van der Waals surface area (Å²) >= 11 is 1.56. The minimum Gasteiger partial charge on any atom is -0.409 e. The first-order chi connectivity index (χ1) is 9.20. The summed E-state index contributed by atoms with van der Waals surface area (Å²) in [4.78, 5) is 1.09. The highest BCUT2D eigenvalue weighted by Gasteiger charge is 2.07. The van der Waals surface area contributed by atoms with Gasteiger partial charge in [-0.05, 0) is 23.8 Å². The minimum absolute atomic E-state index is 0.0961. The predicted octanol–water partition coefficient (Wildman–Crippen LogP) is 3.21. The molecule has 0 unspecified atom stereocenters. The molecule has 0 atom stereocenters. The van der Waals surface area contributed by atoms with Crippen molar-refractivity contribution in [2.75, 3.05) is 0 Å². The van der Waals surface area contributed by atoms with E-state index in [1.54, 1.807) is 23.9 Å². The number of hydrogen-bond donors (Lipinski definition) is 2. The summed E-state index contributed by atoms with van der Waals surface area (Å²) in [6, 6.07) is 14.4. The van der Waals surface area contributed by atoms with Gasteiger partial charge >= 0.3 is 0 Å². The Morgan fingerprint density at radius 1 is 1.21 bits per heavy atom. The van der Waals surface area contributed by atoms with Crippen molar-refractivity contribution in [3.8, 4) is 0 Å². The zero-order valence-electron chi connectivity index (χ0n) is 10.1. The third-order valence-electron chi connectivity index (χ3n) is 2.59. The maximum Gasteiger partial charge on any atom is 0.170 e. The molecule has 0 aliphatic rings. The van der Waals surface area contributed by atoms with Gasteiger partial charge in [-0.3, -0.25) is 0 Å². The lowest BCUT2D eigenvalue weighted by Crippen LogP contribution is -2.13. The highest BCUT2D eigenvalue weighted by molar-refractivity contribution is 7.98. The molecule has 0 spiro atoms. The molecule has 3 nitrogen and oxygen atoms in total. The Hall–Kier alpha value is -2.01. The molecule has 0 radical (unpaired) electrons. The zero-order valence-corrected chi connectivity index (χ0v) is 10.9. The third kappa shape index (κ3) is 3.48. The normalized spacial score (nSPS) is 11.5. The number of oxime groups is 1. The number of rotatable bonds is 4. The quantitative estimate of drug-likeness (QED) is 0.296. The Labute approximate surface area is 114 Å². The van der Waals surface area contributed by atoms with Crippen LogP contribution < -0.4 is 5.73 Å². The first-order valence-electron chi connectivity index (χ1n) is 5.65. The summed E-state index contributed by atoms with van der Waals surface area (Å²) in [5, 5.41) is 11.4. The molecule has 5 heteroatoms. The second-order valence-corrected chi connectivity index (χ2v) is 4.94. The van der Waals surface area contributed by atoms with E-state index in [4.69, 9.17) is 10.9 Å². The molecule has 98 valence electrons. The van der Waals surface area contributed by atoms with Crippen LogP contribution >= 0.6 is 11.8 Å². The van der Waals surface area contributed by atoms with Gasteiger partial charge < -0.3 is 10.9 Å². The van der Waals surface area contributed by atoms with Crippen LogP contribution in [0.15, 0.2) is 58.6 Å². The summed E-state index contributed by atoms with van der Waals surface area (Å²) in [7, 11) is 0. The molecule has 0 fully saturated rings. The summed E-state index contributed by atoms with van der Waals surface area (Å²) in [5.74, 6) is 0.0837. The van der Waals surface area contributed by atoms with Crippen LogP contribution in [-0.4, -0.2) is 11.0 Å². The molecule has 2 aromatic rings. The van der Waals surface area contributed by atoms with Crippen molar-refractivity contribution in [1.29, 1.82) is 0 Å². The molecular formula is C14H13FN2OS. The number of thioether (sulfide) groups is 1. The monoisotopic (exact) mass is 276 g/mol. The first-order valence-corrected chi connectivity index (χ1v) is 6.63. The van der Waals surface area contributed by atoms with Gasteiger partial charge in [-0.2, -0.15) is 0 Å². The molecule has 2 aromatic carbocycles. The molecule has 0 bridgehead atoms. The standard InChI is InChI=1S/C14H13FN2OS/c15-13-8-10(14(16)17-18)6-7-11(13)9-19-12-4-2-1-3-5-12/h1-8,18H,9H2,(H2,16,17). The van der Waals surface area contributed by atoms with Gasteiger partial charge in [-0.15, -0.1) is 11.8 Å². The fourth-order valence-electron chi connectivity index (χ4n) is 1.56. The molecule has 0 aromatic heterocycles. The molecule has 0 aliphatic carbocycles. The summed E-state index contributed by atoms with van der Waals surface area (Å²) in [6.07, 6.45) is 0. The molecular weight excluding hydrogens is 263 g/mol. The Morgan fingerprint density at radius 2 is 1.95 bits per heavy atom. The van der Waals surface area contributed by atoms with Crippen LogP contribution in [0.2, 0.25) is 0 Å². The molecule has 0 amide bonds. The number of nitrogens with two attached hydrogens (primary N) is 1. The molecule has 3 N–H and O–H groups in total. The number of nitrogens with zero attached hydrogens (tertiary/aromatic N) is 1. The van der Waals surface area contributed by atoms with Gasteiger partial charge in [0, 0.05) is 16.2 Å². The van der Waals surface area contributed by atoms with Crippen LogP contribution in [0.3, 0.4) is 0 Å². The number of halogens is 1. The predicted molar refractivity (Wildman–Crippen MR) is 74.9 cm³/mol. The van der Waals surface area contributed by atoms with Gasteiger partial charge in [0.15, 0.2) is 5.84 Å². The number of benzene rings is 2. The fraction of sp³-hybridized carbons (Fsp3) is 0.0714. The van der Waals surface area contributed by atoms with E-state index in [2.05, 4.69) is 5.16 Å². The molecule has 19 heavy (non-hydrogen) atoms. The fourth-order valence-corrected chi connectivity index (χ4v) is 2.47. The maximum absolute atomic E-state index is 13.8. The van der Waals surface area contributed by atoms with Gasteiger partial charge in [-0.25, -0.2) is 4.39 Å². The number of amidine groups is 1. The summed E-state index contributed by atoms with van der Waals surface area (Å²) in [6.45, 7) is 0. The third-order valence-corrected chi connectivity index (χ3v) is 3.65. The average Bonchev–Trinajstić information content (AvgIpc) is 2.46. The van der Waals surface area contributed by atoms with Crippen LogP contribution in [0.4, 0.5) is 4.39 Å². The van der Waals surface area contributed by atoms with Gasteiger partial charge in [-0.1, -0.05) is 35.5 Å². The topological polar surface area (TPSA) is 58.6 Å². The van der Waals surface area contributed by atoms with Crippen LogP contribution in [0.25, 0.3) is 0 Å². The second-order valence-electron chi connectivity index (χ2n) is 3.89. The largest absolute Gasteiger partial charge is 0.409 e. The lowest BCUT2D eigenvalue weighted by atomic mass is 10.1. The highest BCUT2D eigenvalue weighted by Crippen LogP contribution is 2.24. The SMILES string of the molecule is N/C(=N\O)c1ccc(CSc2ccccc2)c(F)c1. The van der Waals surface area contributed by atoms with E-state index < -0.39 is 0 Å². The van der Waals surface area contributed by atoms with Crippen molar-refractivity contribution < 1.29 is 9.60 Å². The molecule has 0 aliphatic heterocycles. The Balaban J connectivity index is 2.10. The van der Waals surface area contributed by atoms with Crippen molar-refractivity contribution in [3.05, 3.63) is 65.5 Å². The van der Waals surface area contributed by atoms with Gasteiger partial charge in [0.1, 0.15) is 5.82 Å². The minimum atomic E-state index is -0.354. The Morgan fingerprint density at radius 3 is 2.58 bits per heavy atom. The van der Waals surface area contributed by atoms with Crippen LogP contribution in [0.5, 0.6) is 0 Å². The highest BCUT2D eigenvalue weighted by atomic mass is 32.2. The molecule has 2 rings (SSSR count). The van der Waals surface area contributed by atoms with Crippen molar-refractivity contribution >= 4 is 17.6 Å². The summed E-state index contributed by atoms with van der Waals surface area (Å²) < 4.78 is 13.8. The zero-order chi connectivity index (χ0) is 13.7. The molecule has 0 saturated heterocycles. The molecule has 0 saturated carbocycles. The van der Waals surface area contributed by atoms with Gasteiger partial charge in [0.25, 0.3) is 0 Å². The van der Waals surface area contributed by atoms with Crippen LogP contribution in [0.1, 0.15) is 11.1 Å². The Kier molecular flexibility index (Phi) is 4.41. The van der Waals surface area contributed by atoms with Crippen LogP contribution in [-0.2, 0) is 5.75 Å². The number of hydrogen-bond acceptors (Lipinski definition) is 3. The van der Waals surface area contributed by atoms with Gasteiger partial charge in [0.05, 0.1) is 0 Å². The van der Waals surface area contributed by atoms with Crippen LogP contribution in [0, 0.1) is 5.82 Å². The van der Waals surface area contributed by atoms with Crippen molar-refractivity contribution in [1.82, 2.24) is 0 Å². The summed E-state index contributed by atoms with van der Waals surface area (Å²) in [5.41, 5.74) is 6.36. The lowest BCUT2D eigenvalue weighted by Gasteiger charge is -2.05. The van der Waals surface area contributed by atoms with E-state index in [9.17, 15) is 4.39 Å². The van der Waals surface area contributed by atoms with E-state index in [1.807, 2.05) is 30.3 Å². The van der Waals surface area contributed by atoms with Crippen molar-refractivity contribution in [3.63, 3.8) is 0 Å². The second kappa shape index (κ2) is 6.24.